The molecule has 6 nitrogen and oxygen atoms in total. The van der Waals surface area contributed by atoms with Gasteiger partial charge in [-0.15, -0.1) is 0 Å². The highest BCUT2D eigenvalue weighted by molar-refractivity contribution is 5.42. The van der Waals surface area contributed by atoms with Crippen molar-refractivity contribution >= 4 is 0 Å². The van der Waals surface area contributed by atoms with Crippen LogP contribution in [0.25, 0.3) is 0 Å². The highest BCUT2D eigenvalue weighted by Gasteiger charge is 2.58. The van der Waals surface area contributed by atoms with E-state index in [0.717, 1.165) is 0 Å². The third-order valence-electron chi connectivity index (χ3n) is 9.25. The van der Waals surface area contributed by atoms with E-state index in [9.17, 15) is 15.6 Å². The molecule has 0 spiro atoms. The Morgan fingerprint density at radius 2 is 0.974 bits per heavy atom. The summed E-state index contributed by atoms with van der Waals surface area (Å²) in [5.41, 5.74) is 1.44. The van der Waals surface area contributed by atoms with Crippen LogP contribution >= 0.6 is 0 Å². The first-order valence-electron chi connectivity index (χ1n) is 14.5. The van der Waals surface area contributed by atoms with Crippen LogP contribution in [0.3, 0.4) is 0 Å². The quantitative estimate of drug-likeness (QED) is 0.292. The molecule has 2 aliphatic heterocycles. The summed E-state index contributed by atoms with van der Waals surface area (Å²) in [6.07, 6.45) is 5.26. The van der Waals surface area contributed by atoms with Gasteiger partial charge in [-0.3, -0.25) is 0 Å². The lowest BCUT2D eigenvalue weighted by molar-refractivity contribution is -0.216. The van der Waals surface area contributed by atoms with Gasteiger partial charge in [0, 0.05) is 22.2 Å². The minimum absolute atomic E-state index is 0.0331. The van der Waals surface area contributed by atoms with E-state index in [0.29, 0.717) is 11.8 Å². The molecule has 1 aliphatic carbocycles. The van der Waals surface area contributed by atoms with E-state index in [2.05, 4.69) is 39.8 Å². The Morgan fingerprint density at radius 3 is 1.24 bits per heavy atom. The van der Waals surface area contributed by atoms with E-state index in [1.807, 2.05) is 81.4 Å². The highest BCUT2D eigenvalue weighted by Crippen LogP contribution is 2.54. The second-order valence-corrected chi connectivity index (χ2v) is 15.7. The van der Waals surface area contributed by atoms with Crippen molar-refractivity contribution in [1.82, 2.24) is 15.2 Å². The zero-order valence-electron chi connectivity index (χ0n) is 27.0. The van der Waals surface area contributed by atoms with Crippen molar-refractivity contribution in [2.45, 2.75) is 156 Å². The second kappa shape index (κ2) is 10.8. The summed E-state index contributed by atoms with van der Waals surface area (Å²) in [6, 6.07) is 8.23. The van der Waals surface area contributed by atoms with Crippen LogP contribution in [0.5, 0.6) is 0 Å². The van der Waals surface area contributed by atoms with E-state index >= 15 is 0 Å². The molecule has 2 heterocycles. The van der Waals surface area contributed by atoms with Crippen LogP contribution in [0.2, 0.25) is 0 Å². The first-order valence-corrected chi connectivity index (χ1v) is 14.5. The molecular formula is C32H59N3O3. The predicted molar refractivity (Wildman–Crippen MR) is 156 cm³/mol. The SMILES string of the molecule is CC(C)(C)N(O)C(C)(C)C.CC1(C)C2CCCCC2C(C)(C)N1O.CC1(C)c2ccccc2C(C)(C)N1O. The molecule has 0 amide bonds. The van der Waals surface area contributed by atoms with E-state index < -0.39 is 0 Å². The molecule has 1 aromatic carbocycles. The fourth-order valence-electron chi connectivity index (χ4n) is 7.36. The van der Waals surface area contributed by atoms with Crippen LogP contribution in [0.1, 0.15) is 134 Å². The maximum atomic E-state index is 10.2. The van der Waals surface area contributed by atoms with Crippen molar-refractivity contribution in [3.63, 3.8) is 0 Å². The van der Waals surface area contributed by atoms with Gasteiger partial charge in [0.25, 0.3) is 0 Å². The summed E-state index contributed by atoms with van der Waals surface area (Å²) in [4.78, 5) is 0. The number of rotatable bonds is 0. The number of hydroxylamine groups is 6. The molecule has 3 N–H and O–H groups in total. The molecule has 0 bridgehead atoms. The lowest BCUT2D eigenvalue weighted by Crippen LogP contribution is -2.50. The Bertz CT molecular complexity index is 867. The predicted octanol–water partition coefficient (Wildman–Crippen LogP) is 8.19. The zero-order chi connectivity index (χ0) is 29.7. The molecule has 3 aliphatic rings. The van der Waals surface area contributed by atoms with Crippen LogP contribution < -0.4 is 0 Å². The molecule has 2 unspecified atom stereocenters. The molecule has 0 radical (unpaired) electrons. The number of hydrogen-bond donors (Lipinski definition) is 3. The molecule has 38 heavy (non-hydrogen) atoms. The summed E-state index contributed by atoms with van der Waals surface area (Å²) in [6.45, 7) is 28.8. The van der Waals surface area contributed by atoms with Crippen molar-refractivity contribution in [3.05, 3.63) is 35.4 Å². The van der Waals surface area contributed by atoms with E-state index in [-0.39, 0.29) is 33.2 Å². The number of benzene rings is 1. The second-order valence-electron chi connectivity index (χ2n) is 15.7. The van der Waals surface area contributed by atoms with Crippen LogP contribution in [-0.2, 0) is 11.1 Å². The van der Waals surface area contributed by atoms with Gasteiger partial charge >= 0.3 is 0 Å². The number of hydrogen-bond acceptors (Lipinski definition) is 6. The van der Waals surface area contributed by atoms with Crippen LogP contribution in [-0.4, -0.2) is 53.0 Å². The molecule has 2 atom stereocenters. The average molecular weight is 534 g/mol. The molecule has 0 aromatic heterocycles. The fourth-order valence-corrected chi connectivity index (χ4v) is 7.36. The van der Waals surface area contributed by atoms with Crippen LogP contribution in [0, 0.1) is 11.8 Å². The standard InChI is InChI=1S/C12H23NO.C12H17NO.C8H19NO/c2*1-11(2)9-7-5-6-8-10(9)12(3,4)13(11)14;1-7(2,3)9(10)8(4,5)6/h9-10,14H,5-8H2,1-4H3;5-8,14H,1-4H3;10H,1-6H3. The summed E-state index contributed by atoms with van der Waals surface area (Å²) in [5.74, 6) is 1.35. The van der Waals surface area contributed by atoms with E-state index in [4.69, 9.17) is 0 Å². The van der Waals surface area contributed by atoms with Gasteiger partial charge in [0.15, 0.2) is 0 Å². The van der Waals surface area contributed by atoms with Crippen molar-refractivity contribution in [3.8, 4) is 0 Å². The normalized spacial score (nSPS) is 27.5. The third-order valence-corrected chi connectivity index (χ3v) is 9.25. The molecule has 1 saturated heterocycles. The molecule has 6 heteroatoms. The molecule has 1 saturated carbocycles. The molecular weight excluding hydrogens is 474 g/mol. The van der Waals surface area contributed by atoms with Gasteiger partial charge in [-0.25, -0.2) is 0 Å². The molecule has 1 aromatic rings. The molecule has 2 fully saturated rings. The van der Waals surface area contributed by atoms with Gasteiger partial charge in [0.1, 0.15) is 0 Å². The lowest BCUT2D eigenvalue weighted by atomic mass is 9.69. The van der Waals surface area contributed by atoms with Crippen LogP contribution in [0.4, 0.5) is 0 Å². The van der Waals surface area contributed by atoms with Crippen LogP contribution in [0.15, 0.2) is 24.3 Å². The summed E-state index contributed by atoms with van der Waals surface area (Å²) in [5, 5.41) is 34.4. The van der Waals surface area contributed by atoms with Gasteiger partial charge in [-0.2, -0.15) is 15.2 Å². The van der Waals surface area contributed by atoms with Gasteiger partial charge in [-0.05, 0) is 133 Å². The summed E-state index contributed by atoms with van der Waals surface area (Å²) >= 11 is 0. The Morgan fingerprint density at radius 1 is 0.658 bits per heavy atom. The van der Waals surface area contributed by atoms with Crippen molar-refractivity contribution in [2.24, 2.45) is 11.8 Å². The average Bonchev–Trinajstić information content (AvgIpc) is 3.04. The molecule has 4 rings (SSSR count). The Kier molecular flexibility index (Phi) is 9.39. The smallest absolute Gasteiger partial charge is 0.0665 e. The number of nitrogens with zero attached hydrogens (tertiary/aromatic N) is 3. The van der Waals surface area contributed by atoms with E-state index in [1.54, 1.807) is 5.06 Å². The van der Waals surface area contributed by atoms with Crippen molar-refractivity contribution in [2.75, 3.05) is 0 Å². The van der Waals surface area contributed by atoms with E-state index in [1.165, 1.54) is 46.9 Å². The monoisotopic (exact) mass is 533 g/mol. The maximum absolute atomic E-state index is 10.2. The first kappa shape index (κ1) is 33.2. The third kappa shape index (κ3) is 6.16. The summed E-state index contributed by atoms with van der Waals surface area (Å²) in [7, 11) is 0. The summed E-state index contributed by atoms with van der Waals surface area (Å²) < 4.78 is 0. The first-order chi connectivity index (χ1) is 16.9. The van der Waals surface area contributed by atoms with Gasteiger partial charge in [0.2, 0.25) is 0 Å². The van der Waals surface area contributed by atoms with Gasteiger partial charge in [0.05, 0.1) is 11.1 Å². The van der Waals surface area contributed by atoms with Crippen molar-refractivity contribution in [1.29, 1.82) is 0 Å². The minimum Gasteiger partial charge on any atom is -0.313 e. The fraction of sp³-hybridized carbons (Fsp3) is 0.812. The van der Waals surface area contributed by atoms with Gasteiger partial charge in [-0.1, -0.05) is 37.1 Å². The minimum atomic E-state index is -0.292. The Labute approximate surface area is 233 Å². The molecule has 220 valence electrons. The maximum Gasteiger partial charge on any atom is 0.0665 e. The highest BCUT2D eigenvalue weighted by atomic mass is 16.5. The Hall–Kier alpha value is -1.02. The largest absolute Gasteiger partial charge is 0.313 e. The zero-order valence-corrected chi connectivity index (χ0v) is 27.0. The van der Waals surface area contributed by atoms with Gasteiger partial charge < -0.3 is 15.6 Å². The number of fused-ring (bicyclic) bond motifs is 2. The lowest BCUT2D eigenvalue weighted by Gasteiger charge is -2.39. The Balaban J connectivity index is 0.000000204. The topological polar surface area (TPSA) is 70.4 Å². The van der Waals surface area contributed by atoms with Crippen molar-refractivity contribution < 1.29 is 15.6 Å².